The summed E-state index contributed by atoms with van der Waals surface area (Å²) in [4.78, 5) is 7.20. The largest absolute Gasteiger partial charge is 0.379 e. The highest BCUT2D eigenvalue weighted by Gasteiger charge is 2.27. The van der Waals surface area contributed by atoms with E-state index in [0.29, 0.717) is 6.54 Å². The molecule has 2 heterocycles. The fraction of sp³-hybridized carbons (Fsp3) is 0.471. The van der Waals surface area contributed by atoms with E-state index >= 15 is 0 Å². The first-order chi connectivity index (χ1) is 10.7. The summed E-state index contributed by atoms with van der Waals surface area (Å²) in [5.41, 5.74) is 9.50. The first-order valence-electron chi connectivity index (χ1n) is 7.83. The SMILES string of the molecule is Cc1nc(-c2ccccc2)n(C)c1C(CN)N1CCOCC1. The molecule has 2 N–H and O–H groups in total. The molecule has 22 heavy (non-hydrogen) atoms. The van der Waals surface area contributed by atoms with Gasteiger partial charge in [0.2, 0.25) is 0 Å². The lowest BCUT2D eigenvalue weighted by atomic mass is 10.1. The lowest BCUT2D eigenvalue weighted by Crippen LogP contribution is -2.42. The van der Waals surface area contributed by atoms with Crippen LogP contribution >= 0.6 is 0 Å². The fourth-order valence-corrected chi connectivity index (χ4v) is 3.28. The fourth-order valence-electron chi connectivity index (χ4n) is 3.28. The van der Waals surface area contributed by atoms with Gasteiger partial charge in [-0.1, -0.05) is 30.3 Å². The molecule has 1 atom stereocenters. The van der Waals surface area contributed by atoms with Crippen molar-refractivity contribution in [1.29, 1.82) is 0 Å². The molecular formula is C17H24N4O. The molecule has 5 nitrogen and oxygen atoms in total. The maximum absolute atomic E-state index is 6.10. The average Bonchev–Trinajstić information content (AvgIpc) is 2.86. The normalized spacial score (nSPS) is 17.6. The van der Waals surface area contributed by atoms with E-state index in [-0.39, 0.29) is 6.04 Å². The quantitative estimate of drug-likeness (QED) is 0.934. The van der Waals surface area contributed by atoms with E-state index in [4.69, 9.17) is 15.5 Å². The predicted octanol–water partition coefficient (Wildman–Crippen LogP) is 1.73. The Morgan fingerprint density at radius 3 is 2.55 bits per heavy atom. The number of morpholine rings is 1. The molecule has 2 aromatic rings. The highest BCUT2D eigenvalue weighted by molar-refractivity contribution is 5.56. The second-order valence-corrected chi connectivity index (χ2v) is 5.73. The molecule has 1 aliphatic rings. The first-order valence-corrected chi connectivity index (χ1v) is 7.83. The van der Waals surface area contributed by atoms with Crippen molar-refractivity contribution in [2.24, 2.45) is 12.8 Å². The van der Waals surface area contributed by atoms with Crippen LogP contribution in [0.2, 0.25) is 0 Å². The van der Waals surface area contributed by atoms with Gasteiger partial charge in [0.25, 0.3) is 0 Å². The summed E-state index contributed by atoms with van der Waals surface area (Å²) in [5.74, 6) is 1.000. The highest BCUT2D eigenvalue weighted by atomic mass is 16.5. The standard InChI is InChI=1S/C17H24N4O/c1-13-16(15(12-18)21-8-10-22-11-9-21)20(2)17(19-13)14-6-4-3-5-7-14/h3-7,15H,8-12,18H2,1-2H3. The molecule has 3 rings (SSSR count). The van der Waals surface area contributed by atoms with Gasteiger partial charge in [0.1, 0.15) is 5.82 Å². The lowest BCUT2D eigenvalue weighted by Gasteiger charge is -2.34. The van der Waals surface area contributed by atoms with Crippen molar-refractivity contribution in [1.82, 2.24) is 14.5 Å². The molecule has 1 aliphatic heterocycles. The summed E-state index contributed by atoms with van der Waals surface area (Å²) in [7, 11) is 2.08. The zero-order chi connectivity index (χ0) is 15.5. The topological polar surface area (TPSA) is 56.3 Å². The summed E-state index contributed by atoms with van der Waals surface area (Å²) < 4.78 is 7.65. The van der Waals surface area contributed by atoms with Crippen LogP contribution in [0.1, 0.15) is 17.4 Å². The molecule has 1 aromatic carbocycles. The van der Waals surface area contributed by atoms with Gasteiger partial charge in [-0.15, -0.1) is 0 Å². The van der Waals surface area contributed by atoms with E-state index in [2.05, 4.69) is 35.6 Å². The van der Waals surface area contributed by atoms with Gasteiger partial charge in [-0.2, -0.15) is 0 Å². The Morgan fingerprint density at radius 1 is 1.23 bits per heavy atom. The third-order valence-electron chi connectivity index (χ3n) is 4.38. The van der Waals surface area contributed by atoms with Crippen LogP contribution in [0.15, 0.2) is 30.3 Å². The molecule has 1 aromatic heterocycles. The van der Waals surface area contributed by atoms with Crippen LogP contribution < -0.4 is 5.73 Å². The van der Waals surface area contributed by atoms with Crippen LogP contribution in [0, 0.1) is 6.92 Å². The first kappa shape index (κ1) is 15.2. The molecule has 0 radical (unpaired) electrons. The second-order valence-electron chi connectivity index (χ2n) is 5.73. The Hall–Kier alpha value is -1.69. The second kappa shape index (κ2) is 6.60. The number of imidazole rings is 1. The summed E-state index contributed by atoms with van der Waals surface area (Å²) in [6, 6.07) is 10.5. The molecule has 0 bridgehead atoms. The van der Waals surface area contributed by atoms with Gasteiger partial charge in [-0.25, -0.2) is 4.98 Å². The third kappa shape index (κ3) is 2.79. The van der Waals surface area contributed by atoms with E-state index in [0.717, 1.165) is 43.4 Å². The number of aromatic nitrogens is 2. The minimum Gasteiger partial charge on any atom is -0.379 e. The summed E-state index contributed by atoms with van der Waals surface area (Å²) in [6.45, 7) is 6.07. The molecular weight excluding hydrogens is 276 g/mol. The number of hydrogen-bond donors (Lipinski definition) is 1. The van der Waals surface area contributed by atoms with Crippen molar-refractivity contribution in [2.75, 3.05) is 32.8 Å². The van der Waals surface area contributed by atoms with Crippen molar-refractivity contribution in [3.8, 4) is 11.4 Å². The Kier molecular flexibility index (Phi) is 4.57. The van der Waals surface area contributed by atoms with Gasteiger partial charge in [-0.3, -0.25) is 4.90 Å². The van der Waals surface area contributed by atoms with Gasteiger partial charge in [0.15, 0.2) is 0 Å². The third-order valence-corrected chi connectivity index (χ3v) is 4.38. The van der Waals surface area contributed by atoms with Crippen LogP contribution in [-0.2, 0) is 11.8 Å². The van der Waals surface area contributed by atoms with Gasteiger partial charge in [0.05, 0.1) is 30.6 Å². The number of hydrogen-bond acceptors (Lipinski definition) is 4. The number of aryl methyl sites for hydroxylation is 1. The minimum absolute atomic E-state index is 0.193. The van der Waals surface area contributed by atoms with E-state index in [1.165, 1.54) is 5.69 Å². The van der Waals surface area contributed by atoms with E-state index < -0.39 is 0 Å². The monoisotopic (exact) mass is 300 g/mol. The maximum Gasteiger partial charge on any atom is 0.140 e. The lowest BCUT2D eigenvalue weighted by molar-refractivity contribution is 0.0164. The molecule has 118 valence electrons. The average molecular weight is 300 g/mol. The molecule has 1 unspecified atom stereocenters. The van der Waals surface area contributed by atoms with Crippen LogP contribution in [0.4, 0.5) is 0 Å². The molecule has 0 spiro atoms. The highest BCUT2D eigenvalue weighted by Crippen LogP contribution is 2.28. The summed E-state index contributed by atoms with van der Waals surface area (Å²) in [5, 5.41) is 0. The Labute approximate surface area is 131 Å². The number of rotatable bonds is 4. The number of benzene rings is 1. The van der Waals surface area contributed by atoms with E-state index in [9.17, 15) is 0 Å². The molecule has 0 amide bonds. The van der Waals surface area contributed by atoms with Crippen LogP contribution in [0.25, 0.3) is 11.4 Å². The molecule has 1 saturated heterocycles. The van der Waals surface area contributed by atoms with Crippen molar-refractivity contribution < 1.29 is 4.74 Å². The van der Waals surface area contributed by atoms with Crippen molar-refractivity contribution in [3.05, 3.63) is 41.7 Å². The van der Waals surface area contributed by atoms with Gasteiger partial charge < -0.3 is 15.0 Å². The molecule has 1 fully saturated rings. The number of nitrogens with two attached hydrogens (primary N) is 1. The minimum atomic E-state index is 0.193. The van der Waals surface area contributed by atoms with Crippen LogP contribution in [0.5, 0.6) is 0 Å². The summed E-state index contributed by atoms with van der Waals surface area (Å²) in [6.07, 6.45) is 0. The zero-order valence-electron chi connectivity index (χ0n) is 13.3. The predicted molar refractivity (Wildman–Crippen MR) is 87.6 cm³/mol. The van der Waals surface area contributed by atoms with Crippen molar-refractivity contribution >= 4 is 0 Å². The Morgan fingerprint density at radius 2 is 1.91 bits per heavy atom. The summed E-state index contributed by atoms with van der Waals surface area (Å²) >= 11 is 0. The van der Waals surface area contributed by atoms with Crippen LogP contribution in [-0.4, -0.2) is 47.3 Å². The zero-order valence-corrected chi connectivity index (χ0v) is 13.3. The van der Waals surface area contributed by atoms with E-state index in [1.54, 1.807) is 0 Å². The van der Waals surface area contributed by atoms with Crippen molar-refractivity contribution in [2.45, 2.75) is 13.0 Å². The molecule has 5 heteroatoms. The van der Waals surface area contributed by atoms with Gasteiger partial charge in [0, 0.05) is 32.2 Å². The number of ether oxygens (including phenoxy) is 1. The van der Waals surface area contributed by atoms with Gasteiger partial charge >= 0.3 is 0 Å². The Bertz CT molecular complexity index is 617. The van der Waals surface area contributed by atoms with Crippen molar-refractivity contribution in [3.63, 3.8) is 0 Å². The Balaban J connectivity index is 1.97. The number of nitrogens with zero attached hydrogens (tertiary/aromatic N) is 3. The van der Waals surface area contributed by atoms with Crippen LogP contribution in [0.3, 0.4) is 0 Å². The molecule has 0 saturated carbocycles. The smallest absolute Gasteiger partial charge is 0.140 e. The van der Waals surface area contributed by atoms with Gasteiger partial charge in [-0.05, 0) is 6.92 Å². The molecule has 0 aliphatic carbocycles. The maximum atomic E-state index is 6.10. The van der Waals surface area contributed by atoms with E-state index in [1.807, 2.05) is 18.2 Å².